The molecule has 0 aliphatic rings. The third-order valence-corrected chi connectivity index (χ3v) is 12.5. The third-order valence-electron chi connectivity index (χ3n) is 11.5. The zero-order valence-corrected chi connectivity index (χ0v) is 47.2. The van der Waals surface area contributed by atoms with E-state index in [1.165, 1.54) is 57.8 Å². The van der Waals surface area contributed by atoms with Crippen LogP contribution in [-0.2, 0) is 18.4 Å². The van der Waals surface area contributed by atoms with Crippen LogP contribution in [0, 0.1) is 0 Å². The normalized spacial score (nSPS) is 15.0. The molecule has 0 aromatic carbocycles. The lowest BCUT2D eigenvalue weighted by Crippen LogP contribution is -2.45. The van der Waals surface area contributed by atoms with Crippen LogP contribution in [0.25, 0.3) is 0 Å². The van der Waals surface area contributed by atoms with Crippen molar-refractivity contribution < 1.29 is 32.9 Å². The zero-order chi connectivity index (χ0) is 52.7. The number of nitrogens with zero attached hydrogens (tertiary/aromatic N) is 1. The minimum atomic E-state index is -4.36. The highest BCUT2D eigenvalue weighted by atomic mass is 31.2. The maximum Gasteiger partial charge on any atom is 0.472 e. The molecule has 1 amide bonds. The van der Waals surface area contributed by atoms with Crippen LogP contribution < -0.4 is 5.32 Å². The second-order valence-corrected chi connectivity index (χ2v) is 21.0. The van der Waals surface area contributed by atoms with Crippen LogP contribution >= 0.6 is 7.82 Å². The van der Waals surface area contributed by atoms with Gasteiger partial charge < -0.3 is 19.8 Å². The molecule has 0 aliphatic carbocycles. The molecular weight excluding hydrogens is 912 g/mol. The molecule has 72 heavy (non-hydrogen) atoms. The van der Waals surface area contributed by atoms with Gasteiger partial charge in [0, 0.05) is 6.42 Å². The minimum Gasteiger partial charge on any atom is -0.387 e. The molecule has 0 radical (unpaired) electrons. The van der Waals surface area contributed by atoms with Gasteiger partial charge in [-0.1, -0.05) is 224 Å². The minimum absolute atomic E-state index is 0.0457. The van der Waals surface area contributed by atoms with E-state index < -0.39 is 20.0 Å². The van der Waals surface area contributed by atoms with Gasteiger partial charge in [-0.25, -0.2) is 4.57 Å². The van der Waals surface area contributed by atoms with E-state index in [1.807, 2.05) is 27.2 Å². The lowest BCUT2D eigenvalue weighted by molar-refractivity contribution is -0.870. The molecule has 0 spiro atoms. The topological polar surface area (TPSA) is 105 Å². The van der Waals surface area contributed by atoms with Gasteiger partial charge in [0.2, 0.25) is 5.91 Å². The Morgan fingerprint density at radius 3 is 1.26 bits per heavy atom. The van der Waals surface area contributed by atoms with E-state index in [-0.39, 0.29) is 19.1 Å². The Bertz CT molecular complexity index is 1670. The van der Waals surface area contributed by atoms with Crippen molar-refractivity contribution in [2.75, 3.05) is 40.9 Å². The number of carbonyl (C=O) groups is 1. The zero-order valence-electron chi connectivity index (χ0n) is 46.4. The van der Waals surface area contributed by atoms with Gasteiger partial charge in [-0.3, -0.25) is 13.8 Å². The quantitative estimate of drug-likeness (QED) is 0.0243. The summed E-state index contributed by atoms with van der Waals surface area (Å²) >= 11 is 0. The highest BCUT2D eigenvalue weighted by Gasteiger charge is 2.27. The monoisotopic (exact) mass is 1020 g/mol. The summed E-state index contributed by atoms with van der Waals surface area (Å²) in [7, 11) is 1.52. The van der Waals surface area contributed by atoms with Crippen LogP contribution in [-0.4, -0.2) is 73.4 Å². The number of hydrogen-bond acceptors (Lipinski definition) is 5. The second-order valence-electron chi connectivity index (χ2n) is 19.6. The lowest BCUT2D eigenvalue weighted by Gasteiger charge is -2.25. The third kappa shape index (κ3) is 54.2. The van der Waals surface area contributed by atoms with E-state index >= 15 is 0 Å². The number of phosphoric ester groups is 1. The second kappa shape index (κ2) is 52.3. The summed E-state index contributed by atoms with van der Waals surface area (Å²) in [5.41, 5.74) is 0. The summed E-state index contributed by atoms with van der Waals surface area (Å²) in [6.45, 7) is 4.56. The molecule has 8 nitrogen and oxygen atoms in total. The highest BCUT2D eigenvalue weighted by molar-refractivity contribution is 7.47. The molecule has 0 bridgehead atoms. The molecule has 3 unspecified atom stereocenters. The van der Waals surface area contributed by atoms with Crippen LogP contribution in [0.15, 0.2) is 146 Å². The molecule has 0 aromatic heterocycles. The molecule has 3 N–H and O–H groups in total. The van der Waals surface area contributed by atoms with Crippen molar-refractivity contribution in [2.45, 2.75) is 206 Å². The summed E-state index contributed by atoms with van der Waals surface area (Å²) < 4.78 is 23.6. The molecule has 3 atom stereocenters. The van der Waals surface area contributed by atoms with Crippen molar-refractivity contribution in [1.82, 2.24) is 5.32 Å². The average molecular weight is 1020 g/mol. The summed E-state index contributed by atoms with van der Waals surface area (Å²) in [6.07, 6.45) is 81.1. The molecule has 0 aromatic rings. The average Bonchev–Trinajstić information content (AvgIpc) is 3.34. The summed E-state index contributed by atoms with van der Waals surface area (Å²) in [5, 5.41) is 13.8. The smallest absolute Gasteiger partial charge is 0.387 e. The van der Waals surface area contributed by atoms with Crippen LogP contribution in [0.5, 0.6) is 0 Å². The van der Waals surface area contributed by atoms with Crippen molar-refractivity contribution in [3.63, 3.8) is 0 Å². The SMILES string of the molecule is CC/C=C\C/C=C\C/C=C\C/C=C\C/C=C\C/C=C\C/C=C\C/C=C\C/C=C\CCCCCCCCCCCCCC(=O)NC(COP(=O)(O)OCC[N+](C)(C)C)C(O)/C=C/CC/C=C/CC/C=C/CCC. The molecule has 0 aliphatic heterocycles. The molecule has 0 rings (SSSR count). The van der Waals surface area contributed by atoms with Gasteiger partial charge in [-0.05, 0) is 109 Å². The largest absolute Gasteiger partial charge is 0.472 e. The van der Waals surface area contributed by atoms with Crippen LogP contribution in [0.1, 0.15) is 194 Å². The maximum absolute atomic E-state index is 12.9. The van der Waals surface area contributed by atoms with E-state index in [4.69, 9.17) is 9.05 Å². The van der Waals surface area contributed by atoms with Crippen molar-refractivity contribution in [2.24, 2.45) is 0 Å². The number of quaternary nitrogens is 1. The fourth-order valence-electron chi connectivity index (χ4n) is 7.13. The maximum atomic E-state index is 12.9. The first-order valence-electron chi connectivity index (χ1n) is 28.2. The van der Waals surface area contributed by atoms with Gasteiger partial charge in [0.1, 0.15) is 13.2 Å². The first kappa shape index (κ1) is 68.4. The molecule has 0 heterocycles. The Hall–Kier alpha value is -3.62. The molecular formula is C63H106N2O6P+. The van der Waals surface area contributed by atoms with Crippen molar-refractivity contribution in [3.8, 4) is 0 Å². The van der Waals surface area contributed by atoms with Gasteiger partial charge in [-0.2, -0.15) is 0 Å². The van der Waals surface area contributed by atoms with E-state index in [1.54, 1.807) is 6.08 Å². The predicted octanol–water partition coefficient (Wildman–Crippen LogP) is 17.3. The van der Waals surface area contributed by atoms with Gasteiger partial charge >= 0.3 is 7.82 Å². The number of unbranched alkanes of at least 4 members (excludes halogenated alkanes) is 14. The summed E-state index contributed by atoms with van der Waals surface area (Å²) in [4.78, 5) is 23.2. The molecule has 408 valence electrons. The summed E-state index contributed by atoms with van der Waals surface area (Å²) in [6, 6.07) is -0.879. The number of carbonyl (C=O) groups excluding carboxylic acids is 1. The van der Waals surface area contributed by atoms with E-state index in [0.717, 1.165) is 116 Å². The Labute approximate surface area is 442 Å². The Morgan fingerprint density at radius 2 is 0.847 bits per heavy atom. The van der Waals surface area contributed by atoms with Crippen LogP contribution in [0.4, 0.5) is 0 Å². The molecule has 0 saturated carbocycles. The van der Waals surface area contributed by atoms with E-state index in [0.29, 0.717) is 17.4 Å². The number of phosphoric acid groups is 1. The Kier molecular flexibility index (Phi) is 49.6. The fraction of sp³-hybridized carbons (Fsp3) is 0.603. The number of rotatable bonds is 49. The molecule has 9 heteroatoms. The Balaban J connectivity index is 4.08. The van der Waals surface area contributed by atoms with Crippen LogP contribution in [0.3, 0.4) is 0 Å². The Morgan fingerprint density at radius 1 is 0.486 bits per heavy atom. The molecule has 0 saturated heterocycles. The number of allylic oxidation sites excluding steroid dienone is 23. The molecule has 0 fully saturated rings. The van der Waals surface area contributed by atoms with Crippen molar-refractivity contribution in [3.05, 3.63) is 146 Å². The lowest BCUT2D eigenvalue weighted by atomic mass is 10.0. The van der Waals surface area contributed by atoms with E-state index in [9.17, 15) is 19.4 Å². The van der Waals surface area contributed by atoms with Gasteiger partial charge in [0.15, 0.2) is 0 Å². The number of aliphatic hydroxyl groups excluding tert-OH is 1. The van der Waals surface area contributed by atoms with Crippen LogP contribution in [0.2, 0.25) is 0 Å². The highest BCUT2D eigenvalue weighted by Crippen LogP contribution is 2.43. The van der Waals surface area contributed by atoms with Gasteiger partial charge in [-0.15, -0.1) is 0 Å². The van der Waals surface area contributed by atoms with E-state index in [2.05, 4.69) is 153 Å². The van der Waals surface area contributed by atoms with Crippen molar-refractivity contribution in [1.29, 1.82) is 0 Å². The number of likely N-dealkylation sites (N-methyl/N-ethyl adjacent to an activating group) is 1. The fourth-order valence-corrected chi connectivity index (χ4v) is 7.87. The standard InChI is InChI=1S/C63H105N2O6P/c1-6-8-10-12-14-16-18-19-20-21-22-23-24-25-26-27-28-29-30-31-32-33-34-35-36-37-38-39-40-41-42-43-44-45-47-49-51-53-55-57-63(67)64-61(60-71-72(68,69)70-59-58-65(3,4)5)62(66)56-54-52-50-48-46-17-15-13-11-9-7-2/h8,10-11,13-14,16,19-20,22-23,25-26,28-29,31-32,34-35,37-38,46,48,54,56,61-62,66H,6-7,9,12,15,17-18,21,24,27,30,33,36,39-45,47,49-53,55,57-60H2,1-5H3,(H-,64,67,68,69)/p+1/b10-8-,13-11+,16-14-,20-19-,23-22-,26-25-,29-28-,32-31-,35-34-,38-37-,48-46+,56-54+. The number of aliphatic hydroxyl groups is 1. The van der Waals surface area contributed by atoms with Gasteiger partial charge in [0.05, 0.1) is 39.9 Å². The number of hydrogen-bond donors (Lipinski definition) is 3. The first-order chi connectivity index (χ1) is 35.0. The van der Waals surface area contributed by atoms with Crippen molar-refractivity contribution >= 4 is 13.7 Å². The van der Waals surface area contributed by atoms with Gasteiger partial charge in [0.25, 0.3) is 0 Å². The number of nitrogens with one attached hydrogen (secondary N) is 1. The number of amides is 1. The predicted molar refractivity (Wildman–Crippen MR) is 313 cm³/mol. The first-order valence-corrected chi connectivity index (χ1v) is 29.7. The summed E-state index contributed by atoms with van der Waals surface area (Å²) in [5.74, 6) is -0.203.